The van der Waals surface area contributed by atoms with Gasteiger partial charge in [0.1, 0.15) is 0 Å². The molecule has 0 radical (unpaired) electrons. The molecule has 6 nitrogen and oxygen atoms in total. The Balaban J connectivity index is 2.55. The highest BCUT2D eigenvalue weighted by Gasteiger charge is 2.11. The third-order valence-electron chi connectivity index (χ3n) is 2.45. The van der Waals surface area contributed by atoms with Crippen molar-refractivity contribution in [2.45, 2.75) is 13.0 Å². The average molecular weight is 221 g/mol. The predicted octanol–water partition coefficient (Wildman–Crippen LogP) is 0.210. The zero-order chi connectivity index (χ0) is 11.7. The molecule has 0 aliphatic rings. The minimum atomic E-state index is -0.931. The number of rotatable bonds is 3. The van der Waals surface area contributed by atoms with Crippen molar-refractivity contribution in [3.05, 3.63) is 28.8 Å². The first-order valence-electron chi connectivity index (χ1n) is 4.83. The molecule has 0 aliphatic heterocycles. The second-order valence-electron chi connectivity index (χ2n) is 3.48. The van der Waals surface area contributed by atoms with Crippen molar-refractivity contribution in [3.8, 4) is 0 Å². The van der Waals surface area contributed by atoms with E-state index < -0.39 is 5.97 Å². The monoisotopic (exact) mass is 221 g/mol. The number of nitrogens with zero attached hydrogens (tertiary/aromatic N) is 3. The summed E-state index contributed by atoms with van der Waals surface area (Å²) in [5, 5.41) is 8.60. The normalized spacial score (nSPS) is 10.8. The number of fused-ring (bicyclic) bond motifs is 1. The van der Waals surface area contributed by atoms with Crippen LogP contribution in [0, 0.1) is 0 Å². The Kier molecular flexibility index (Phi) is 2.47. The number of pyridine rings is 1. The van der Waals surface area contributed by atoms with Crippen LogP contribution in [0.15, 0.2) is 23.1 Å². The molecular weight excluding hydrogens is 210 g/mol. The minimum Gasteiger partial charge on any atom is -0.481 e. The van der Waals surface area contributed by atoms with Crippen LogP contribution < -0.4 is 5.69 Å². The van der Waals surface area contributed by atoms with Gasteiger partial charge < -0.3 is 5.11 Å². The van der Waals surface area contributed by atoms with Crippen molar-refractivity contribution in [1.82, 2.24) is 14.1 Å². The van der Waals surface area contributed by atoms with E-state index in [2.05, 4.69) is 4.98 Å². The number of imidazole rings is 1. The molecule has 0 amide bonds. The molecule has 1 N–H and O–H groups in total. The summed E-state index contributed by atoms with van der Waals surface area (Å²) in [6.45, 7) is 0.141. The Morgan fingerprint density at radius 2 is 2.31 bits per heavy atom. The molecule has 0 bridgehead atoms. The lowest BCUT2D eigenvalue weighted by Crippen LogP contribution is -2.23. The first kappa shape index (κ1) is 10.4. The first-order valence-corrected chi connectivity index (χ1v) is 4.83. The van der Waals surface area contributed by atoms with E-state index in [1.165, 1.54) is 9.13 Å². The van der Waals surface area contributed by atoms with Crippen molar-refractivity contribution in [2.24, 2.45) is 7.05 Å². The van der Waals surface area contributed by atoms with Crippen molar-refractivity contribution in [1.29, 1.82) is 0 Å². The highest BCUT2D eigenvalue weighted by molar-refractivity contribution is 5.71. The highest BCUT2D eigenvalue weighted by atomic mass is 16.4. The Labute approximate surface area is 90.8 Å². The van der Waals surface area contributed by atoms with Crippen LogP contribution in [-0.4, -0.2) is 25.2 Å². The van der Waals surface area contributed by atoms with Gasteiger partial charge in [-0.2, -0.15) is 0 Å². The van der Waals surface area contributed by atoms with E-state index >= 15 is 0 Å². The highest BCUT2D eigenvalue weighted by Crippen LogP contribution is 2.08. The predicted molar refractivity (Wildman–Crippen MR) is 57.2 cm³/mol. The van der Waals surface area contributed by atoms with Gasteiger partial charge in [0, 0.05) is 19.8 Å². The molecule has 0 aliphatic carbocycles. The van der Waals surface area contributed by atoms with Crippen LogP contribution in [0.4, 0.5) is 0 Å². The van der Waals surface area contributed by atoms with E-state index in [1.54, 1.807) is 25.4 Å². The summed E-state index contributed by atoms with van der Waals surface area (Å²) in [4.78, 5) is 26.4. The zero-order valence-electron chi connectivity index (χ0n) is 8.75. The number of hydrogen-bond donors (Lipinski definition) is 1. The lowest BCUT2D eigenvalue weighted by atomic mass is 10.4. The second kappa shape index (κ2) is 3.80. The lowest BCUT2D eigenvalue weighted by Gasteiger charge is -1.98. The summed E-state index contributed by atoms with van der Waals surface area (Å²) in [7, 11) is 1.64. The number of carbonyl (C=O) groups is 1. The molecule has 2 heterocycles. The van der Waals surface area contributed by atoms with Gasteiger partial charge in [-0.3, -0.25) is 13.9 Å². The van der Waals surface area contributed by atoms with Gasteiger partial charge in [-0.1, -0.05) is 0 Å². The van der Waals surface area contributed by atoms with Gasteiger partial charge in [0.25, 0.3) is 0 Å². The summed E-state index contributed by atoms with van der Waals surface area (Å²) >= 11 is 0. The quantitative estimate of drug-likeness (QED) is 0.803. The maximum absolute atomic E-state index is 11.8. The van der Waals surface area contributed by atoms with Crippen LogP contribution in [0.25, 0.3) is 11.2 Å². The fourth-order valence-electron chi connectivity index (χ4n) is 1.64. The smallest absolute Gasteiger partial charge is 0.330 e. The Hall–Kier alpha value is -2.11. The number of carboxylic acid groups (broad SMARTS) is 1. The van der Waals surface area contributed by atoms with E-state index in [4.69, 9.17) is 5.11 Å². The molecule has 84 valence electrons. The Morgan fingerprint density at radius 3 is 3.00 bits per heavy atom. The molecule has 0 spiro atoms. The third-order valence-corrected chi connectivity index (χ3v) is 2.45. The van der Waals surface area contributed by atoms with Crippen LogP contribution >= 0.6 is 0 Å². The molecule has 0 fully saturated rings. The Bertz CT molecular complexity index is 597. The van der Waals surface area contributed by atoms with Crippen LogP contribution in [-0.2, 0) is 18.4 Å². The standard InChI is InChI=1S/C10H11N3O3/c1-12-7-3-2-5-11-9(7)13(10(12)16)6-4-8(14)15/h2-3,5H,4,6H2,1H3,(H,14,15). The van der Waals surface area contributed by atoms with Crippen LogP contribution in [0.2, 0.25) is 0 Å². The third kappa shape index (κ3) is 1.58. The van der Waals surface area contributed by atoms with Crippen LogP contribution in [0.5, 0.6) is 0 Å². The van der Waals surface area contributed by atoms with Crippen molar-refractivity contribution in [3.63, 3.8) is 0 Å². The van der Waals surface area contributed by atoms with Gasteiger partial charge in [0.2, 0.25) is 0 Å². The zero-order valence-corrected chi connectivity index (χ0v) is 8.75. The van der Waals surface area contributed by atoms with E-state index in [0.717, 1.165) is 0 Å². The van der Waals surface area contributed by atoms with E-state index in [0.29, 0.717) is 11.2 Å². The van der Waals surface area contributed by atoms with Crippen molar-refractivity contribution < 1.29 is 9.90 Å². The van der Waals surface area contributed by atoms with E-state index in [-0.39, 0.29) is 18.7 Å². The SMILES string of the molecule is Cn1c(=O)n(CCC(=O)O)c2ncccc21. The minimum absolute atomic E-state index is 0.0877. The maximum atomic E-state index is 11.8. The fraction of sp³-hybridized carbons (Fsp3) is 0.300. The van der Waals surface area contributed by atoms with Crippen LogP contribution in [0.1, 0.15) is 6.42 Å². The molecule has 2 aromatic heterocycles. The van der Waals surface area contributed by atoms with Gasteiger partial charge in [-0.25, -0.2) is 9.78 Å². The topological polar surface area (TPSA) is 77.1 Å². The van der Waals surface area contributed by atoms with Gasteiger partial charge in [-0.15, -0.1) is 0 Å². The molecule has 0 unspecified atom stereocenters. The molecule has 0 saturated carbocycles. The molecule has 0 aromatic carbocycles. The van der Waals surface area contributed by atoms with E-state index in [9.17, 15) is 9.59 Å². The summed E-state index contributed by atoms with van der Waals surface area (Å²) in [5.74, 6) is -0.931. The molecule has 16 heavy (non-hydrogen) atoms. The molecule has 2 aromatic rings. The largest absolute Gasteiger partial charge is 0.481 e. The Morgan fingerprint density at radius 1 is 1.56 bits per heavy atom. The molecule has 2 rings (SSSR count). The summed E-state index contributed by atoms with van der Waals surface area (Å²) in [6.07, 6.45) is 1.49. The molecule has 6 heteroatoms. The number of hydrogen-bond acceptors (Lipinski definition) is 3. The summed E-state index contributed by atoms with van der Waals surface area (Å²) in [5.41, 5.74) is 0.990. The van der Waals surface area contributed by atoms with Crippen LogP contribution in [0.3, 0.4) is 0 Å². The number of aliphatic carboxylic acids is 1. The average Bonchev–Trinajstić information content (AvgIpc) is 2.50. The lowest BCUT2D eigenvalue weighted by molar-refractivity contribution is -0.137. The van der Waals surface area contributed by atoms with Gasteiger partial charge in [-0.05, 0) is 12.1 Å². The second-order valence-corrected chi connectivity index (χ2v) is 3.48. The maximum Gasteiger partial charge on any atom is 0.330 e. The number of carboxylic acids is 1. The summed E-state index contributed by atoms with van der Waals surface area (Å²) < 4.78 is 2.84. The van der Waals surface area contributed by atoms with Gasteiger partial charge in [0.05, 0.1) is 11.9 Å². The van der Waals surface area contributed by atoms with Gasteiger partial charge in [0.15, 0.2) is 5.65 Å². The van der Waals surface area contributed by atoms with Crippen molar-refractivity contribution >= 4 is 17.1 Å². The first-order chi connectivity index (χ1) is 7.61. The van der Waals surface area contributed by atoms with Crippen molar-refractivity contribution in [2.75, 3.05) is 0 Å². The molecular formula is C10H11N3O3. The van der Waals surface area contributed by atoms with E-state index in [1.807, 2.05) is 0 Å². The summed E-state index contributed by atoms with van der Waals surface area (Å²) in [6, 6.07) is 3.52. The molecule has 0 atom stereocenters. The number of aromatic nitrogens is 3. The fourth-order valence-corrected chi connectivity index (χ4v) is 1.64. The van der Waals surface area contributed by atoms with Gasteiger partial charge >= 0.3 is 11.7 Å². The number of aryl methyl sites for hydroxylation is 2. The molecule has 0 saturated heterocycles.